The highest BCUT2D eigenvalue weighted by Gasteiger charge is 2.25. The van der Waals surface area contributed by atoms with Gasteiger partial charge in [0.25, 0.3) is 5.91 Å². The van der Waals surface area contributed by atoms with Gasteiger partial charge in [-0.2, -0.15) is 5.10 Å². The van der Waals surface area contributed by atoms with Crippen LogP contribution in [0, 0.1) is 13.8 Å². The molecule has 1 aromatic heterocycles. The summed E-state index contributed by atoms with van der Waals surface area (Å²) in [6.45, 7) is 8.09. The van der Waals surface area contributed by atoms with Crippen LogP contribution in [0.1, 0.15) is 61.5 Å². The number of carbonyl (C=O) groups excluding carboxylic acids is 1. The van der Waals surface area contributed by atoms with Crippen molar-refractivity contribution in [2.75, 3.05) is 6.54 Å². The largest absolute Gasteiger partial charge is 0.388 e. The Balaban J connectivity index is 2.04. The van der Waals surface area contributed by atoms with Crippen molar-refractivity contribution in [3.8, 4) is 5.69 Å². The third kappa shape index (κ3) is 4.89. The Labute approximate surface area is 149 Å². The summed E-state index contributed by atoms with van der Waals surface area (Å²) in [5.41, 5.74) is 0.603. The Morgan fingerprint density at radius 1 is 1.16 bits per heavy atom. The van der Waals surface area contributed by atoms with Crippen LogP contribution < -0.4 is 5.32 Å². The number of rotatable bonds is 8. The number of aryl methyl sites for hydroxylation is 2. The van der Waals surface area contributed by atoms with Crippen molar-refractivity contribution in [2.24, 2.45) is 0 Å². The quantitative estimate of drug-likeness (QED) is 0.771. The highest BCUT2D eigenvalue weighted by atomic mass is 16.3. The van der Waals surface area contributed by atoms with Crippen LogP contribution in [0.4, 0.5) is 0 Å². The predicted molar refractivity (Wildman–Crippen MR) is 97.9 cm³/mol. The van der Waals surface area contributed by atoms with Crippen molar-refractivity contribution in [3.05, 3.63) is 41.5 Å². The second-order valence-electron chi connectivity index (χ2n) is 6.57. The highest BCUT2D eigenvalue weighted by molar-refractivity contribution is 5.94. The summed E-state index contributed by atoms with van der Waals surface area (Å²) in [4.78, 5) is 16.6. The number of hydrogen-bond acceptors (Lipinski definition) is 4. The molecule has 1 amide bonds. The van der Waals surface area contributed by atoms with Crippen LogP contribution >= 0.6 is 0 Å². The lowest BCUT2D eigenvalue weighted by Gasteiger charge is -2.27. The van der Waals surface area contributed by atoms with Gasteiger partial charge < -0.3 is 10.4 Å². The molecule has 6 heteroatoms. The van der Waals surface area contributed by atoms with Crippen molar-refractivity contribution in [1.82, 2.24) is 20.1 Å². The van der Waals surface area contributed by atoms with Gasteiger partial charge in [-0.25, -0.2) is 9.67 Å². The van der Waals surface area contributed by atoms with Gasteiger partial charge in [0.05, 0.1) is 11.3 Å². The van der Waals surface area contributed by atoms with E-state index < -0.39 is 5.60 Å². The number of benzene rings is 1. The number of aliphatic hydroxyl groups is 1. The van der Waals surface area contributed by atoms with Gasteiger partial charge >= 0.3 is 0 Å². The Hall–Kier alpha value is -2.21. The van der Waals surface area contributed by atoms with E-state index in [1.165, 1.54) is 0 Å². The number of nitrogens with one attached hydrogen (secondary N) is 1. The molecule has 0 aliphatic carbocycles. The molecule has 0 radical (unpaired) electrons. The summed E-state index contributed by atoms with van der Waals surface area (Å²) >= 11 is 0. The summed E-state index contributed by atoms with van der Waals surface area (Å²) in [5.74, 6) is 1.34. The zero-order chi connectivity index (χ0) is 18.4. The van der Waals surface area contributed by atoms with Crippen LogP contribution in [-0.4, -0.2) is 37.9 Å². The van der Waals surface area contributed by atoms with Crippen LogP contribution in [0.5, 0.6) is 0 Å². The van der Waals surface area contributed by atoms with E-state index in [1.807, 2.05) is 39.8 Å². The average Bonchev–Trinajstić information content (AvgIpc) is 2.92. The van der Waals surface area contributed by atoms with E-state index in [4.69, 9.17) is 0 Å². The molecule has 0 atom stereocenters. The zero-order valence-electron chi connectivity index (χ0n) is 15.5. The SMILES string of the molecule is CCCC(O)(CCC)CNC(=O)c1ccc(-n2nc(C)nc2C)cc1. The molecule has 0 aliphatic rings. The van der Waals surface area contributed by atoms with Crippen LogP contribution in [-0.2, 0) is 0 Å². The molecular formula is C19H28N4O2. The van der Waals surface area contributed by atoms with Crippen molar-refractivity contribution < 1.29 is 9.90 Å². The first kappa shape index (κ1) is 19.1. The van der Waals surface area contributed by atoms with Gasteiger partial charge in [-0.3, -0.25) is 4.79 Å². The summed E-state index contributed by atoms with van der Waals surface area (Å²) in [6.07, 6.45) is 3.14. The molecule has 0 unspecified atom stereocenters. The fourth-order valence-electron chi connectivity index (χ4n) is 3.10. The molecule has 0 bridgehead atoms. The number of nitrogens with zero attached hydrogens (tertiary/aromatic N) is 3. The molecule has 2 N–H and O–H groups in total. The molecule has 0 fully saturated rings. The third-order valence-electron chi connectivity index (χ3n) is 4.26. The molecule has 136 valence electrons. The Morgan fingerprint density at radius 2 is 1.76 bits per heavy atom. The standard InChI is InChI=1S/C19H28N4O2/c1-5-11-19(25,12-6-2)13-20-18(24)16-7-9-17(10-8-16)23-15(4)21-14(3)22-23/h7-10,25H,5-6,11-13H2,1-4H3,(H,20,24). The number of aromatic nitrogens is 3. The van der Waals surface area contributed by atoms with Gasteiger partial charge in [0, 0.05) is 12.1 Å². The van der Waals surface area contributed by atoms with Gasteiger partial charge in [0.1, 0.15) is 11.6 Å². The molecule has 1 heterocycles. The van der Waals surface area contributed by atoms with Gasteiger partial charge in [-0.1, -0.05) is 26.7 Å². The highest BCUT2D eigenvalue weighted by Crippen LogP contribution is 2.19. The lowest BCUT2D eigenvalue weighted by molar-refractivity contribution is 0.0213. The van der Waals surface area contributed by atoms with Gasteiger partial charge in [-0.05, 0) is 51.0 Å². The smallest absolute Gasteiger partial charge is 0.251 e. The van der Waals surface area contributed by atoms with Crippen LogP contribution in [0.15, 0.2) is 24.3 Å². The first-order valence-corrected chi connectivity index (χ1v) is 8.90. The maximum atomic E-state index is 12.4. The lowest BCUT2D eigenvalue weighted by Crippen LogP contribution is -2.42. The molecule has 0 spiro atoms. The second-order valence-corrected chi connectivity index (χ2v) is 6.57. The van der Waals surface area contributed by atoms with E-state index in [0.29, 0.717) is 24.2 Å². The minimum atomic E-state index is -0.825. The molecular weight excluding hydrogens is 316 g/mol. The molecule has 0 saturated carbocycles. The monoisotopic (exact) mass is 344 g/mol. The molecule has 2 rings (SSSR count). The van der Waals surface area contributed by atoms with E-state index in [-0.39, 0.29) is 12.5 Å². The fraction of sp³-hybridized carbons (Fsp3) is 0.526. The number of amides is 1. The first-order chi connectivity index (χ1) is 11.9. The normalized spacial score (nSPS) is 11.6. The molecule has 2 aromatic rings. The molecule has 25 heavy (non-hydrogen) atoms. The first-order valence-electron chi connectivity index (χ1n) is 8.90. The van der Waals surface area contributed by atoms with E-state index in [2.05, 4.69) is 15.4 Å². The van der Waals surface area contributed by atoms with E-state index >= 15 is 0 Å². The zero-order valence-corrected chi connectivity index (χ0v) is 15.5. The third-order valence-corrected chi connectivity index (χ3v) is 4.26. The maximum Gasteiger partial charge on any atom is 0.251 e. The average molecular weight is 344 g/mol. The maximum absolute atomic E-state index is 12.4. The molecule has 0 aliphatic heterocycles. The van der Waals surface area contributed by atoms with Crippen molar-refractivity contribution >= 4 is 5.91 Å². The van der Waals surface area contributed by atoms with Crippen LogP contribution in [0.25, 0.3) is 5.69 Å². The minimum absolute atomic E-state index is 0.177. The van der Waals surface area contributed by atoms with Crippen molar-refractivity contribution in [1.29, 1.82) is 0 Å². The minimum Gasteiger partial charge on any atom is -0.388 e. The van der Waals surface area contributed by atoms with Crippen LogP contribution in [0.3, 0.4) is 0 Å². The van der Waals surface area contributed by atoms with Crippen molar-refractivity contribution in [3.63, 3.8) is 0 Å². The van der Waals surface area contributed by atoms with Gasteiger partial charge in [0.2, 0.25) is 0 Å². The fourth-order valence-corrected chi connectivity index (χ4v) is 3.10. The summed E-state index contributed by atoms with van der Waals surface area (Å²) in [5, 5.41) is 17.8. The van der Waals surface area contributed by atoms with Gasteiger partial charge in [0.15, 0.2) is 0 Å². The lowest BCUT2D eigenvalue weighted by atomic mass is 9.92. The second kappa shape index (κ2) is 8.25. The summed E-state index contributed by atoms with van der Waals surface area (Å²) in [7, 11) is 0. The molecule has 0 saturated heterocycles. The molecule has 6 nitrogen and oxygen atoms in total. The summed E-state index contributed by atoms with van der Waals surface area (Å²) in [6, 6.07) is 7.22. The Bertz CT molecular complexity index is 701. The van der Waals surface area contributed by atoms with Crippen LogP contribution in [0.2, 0.25) is 0 Å². The number of hydrogen-bond donors (Lipinski definition) is 2. The summed E-state index contributed by atoms with van der Waals surface area (Å²) < 4.78 is 1.75. The Kier molecular flexibility index (Phi) is 6.31. The topological polar surface area (TPSA) is 80.0 Å². The molecule has 1 aromatic carbocycles. The predicted octanol–water partition coefficient (Wildman–Crippen LogP) is 2.95. The van der Waals surface area contributed by atoms with Crippen molar-refractivity contribution in [2.45, 2.75) is 59.0 Å². The Morgan fingerprint density at radius 3 is 2.24 bits per heavy atom. The number of carbonyl (C=O) groups is 1. The van der Waals surface area contributed by atoms with E-state index in [0.717, 1.165) is 24.4 Å². The van der Waals surface area contributed by atoms with Gasteiger partial charge in [-0.15, -0.1) is 0 Å². The van der Waals surface area contributed by atoms with E-state index in [1.54, 1.807) is 16.8 Å². The van der Waals surface area contributed by atoms with E-state index in [9.17, 15) is 9.90 Å².